The Kier molecular flexibility index (Phi) is 3.44. The van der Waals surface area contributed by atoms with E-state index in [-0.39, 0.29) is 0 Å². The van der Waals surface area contributed by atoms with Crippen LogP contribution in [0.15, 0.2) is 79.3 Å². The molecule has 0 fully saturated rings. The van der Waals surface area contributed by atoms with Gasteiger partial charge in [0.05, 0.1) is 6.20 Å². The van der Waals surface area contributed by atoms with Crippen LogP contribution in [-0.4, -0.2) is 14.6 Å². The highest BCUT2D eigenvalue weighted by Crippen LogP contribution is 2.34. The van der Waals surface area contributed by atoms with E-state index >= 15 is 0 Å². The molecule has 0 aliphatic rings. The van der Waals surface area contributed by atoms with Crippen LogP contribution in [0.25, 0.3) is 38.7 Å². The quantitative estimate of drug-likeness (QED) is 0.450. The minimum atomic E-state index is 0.778. The number of aromatic nitrogens is 3. The summed E-state index contributed by atoms with van der Waals surface area (Å²) in [6.07, 6.45) is 5.81. The van der Waals surface area contributed by atoms with Gasteiger partial charge in [0.25, 0.3) is 0 Å². The van der Waals surface area contributed by atoms with Gasteiger partial charge in [-0.05, 0) is 29.5 Å². The maximum absolute atomic E-state index is 6.15. The molecule has 0 saturated carbocycles. The van der Waals surface area contributed by atoms with Crippen LogP contribution >= 0.6 is 0 Å². The first-order chi connectivity index (χ1) is 13.2. The molecular weight excluding hydrogens is 332 g/mol. The SMILES string of the molecule is Cc1ccc(-c2cnc3c(-c4ccc(N)c5ccccc45)cnn3c2)cc1. The molecule has 5 aromatic rings. The van der Waals surface area contributed by atoms with Crippen LogP contribution in [-0.2, 0) is 0 Å². The van der Waals surface area contributed by atoms with Crippen molar-refractivity contribution in [2.75, 3.05) is 5.73 Å². The first-order valence-corrected chi connectivity index (χ1v) is 8.89. The average molecular weight is 350 g/mol. The van der Waals surface area contributed by atoms with Crippen molar-refractivity contribution in [2.45, 2.75) is 6.92 Å². The Labute approximate surface area is 156 Å². The first kappa shape index (κ1) is 15.6. The second-order valence-corrected chi connectivity index (χ2v) is 6.78. The number of fused-ring (bicyclic) bond motifs is 2. The molecule has 2 N–H and O–H groups in total. The highest BCUT2D eigenvalue weighted by Gasteiger charge is 2.13. The molecule has 0 aliphatic carbocycles. The number of nitrogens with two attached hydrogens (primary N) is 1. The van der Waals surface area contributed by atoms with E-state index in [0.29, 0.717) is 0 Å². The van der Waals surface area contributed by atoms with Crippen molar-refractivity contribution in [2.24, 2.45) is 0 Å². The number of aryl methyl sites for hydroxylation is 1. The summed E-state index contributed by atoms with van der Waals surface area (Å²) >= 11 is 0. The van der Waals surface area contributed by atoms with Crippen molar-refractivity contribution in [3.63, 3.8) is 0 Å². The lowest BCUT2D eigenvalue weighted by atomic mass is 9.99. The molecule has 0 bridgehead atoms. The predicted octanol–water partition coefficient (Wildman–Crippen LogP) is 5.11. The standard InChI is InChI=1S/C23H18N4/c1-15-6-8-16(9-7-15)17-12-25-23-21(13-26-27(23)14-17)19-10-11-22(24)20-5-3-2-4-18(19)20/h2-14H,24H2,1H3. The Morgan fingerprint density at radius 3 is 2.37 bits per heavy atom. The van der Waals surface area contributed by atoms with Crippen molar-refractivity contribution in [1.29, 1.82) is 0 Å². The third-order valence-electron chi connectivity index (χ3n) is 4.99. The number of nitrogen functional groups attached to an aromatic ring is 1. The molecule has 0 unspecified atom stereocenters. The molecule has 3 aromatic carbocycles. The summed E-state index contributed by atoms with van der Waals surface area (Å²) in [6.45, 7) is 2.09. The summed E-state index contributed by atoms with van der Waals surface area (Å²) < 4.78 is 1.84. The number of rotatable bonds is 2. The molecule has 27 heavy (non-hydrogen) atoms. The minimum absolute atomic E-state index is 0.778. The van der Waals surface area contributed by atoms with Crippen molar-refractivity contribution >= 4 is 22.1 Å². The lowest BCUT2D eigenvalue weighted by Crippen LogP contribution is -1.93. The van der Waals surface area contributed by atoms with Gasteiger partial charge in [-0.15, -0.1) is 0 Å². The van der Waals surface area contributed by atoms with E-state index in [9.17, 15) is 0 Å². The minimum Gasteiger partial charge on any atom is -0.398 e. The van der Waals surface area contributed by atoms with Gasteiger partial charge < -0.3 is 5.73 Å². The molecular formula is C23H18N4. The Morgan fingerprint density at radius 1 is 0.778 bits per heavy atom. The molecule has 0 atom stereocenters. The summed E-state index contributed by atoms with van der Waals surface area (Å²) in [4.78, 5) is 4.71. The van der Waals surface area contributed by atoms with Gasteiger partial charge in [0.1, 0.15) is 0 Å². The second kappa shape index (κ2) is 5.95. The number of benzene rings is 3. The van der Waals surface area contributed by atoms with E-state index in [1.54, 1.807) is 0 Å². The van der Waals surface area contributed by atoms with E-state index in [1.165, 1.54) is 5.56 Å². The van der Waals surface area contributed by atoms with Crippen LogP contribution in [0.1, 0.15) is 5.56 Å². The van der Waals surface area contributed by atoms with Gasteiger partial charge in [-0.3, -0.25) is 0 Å². The summed E-state index contributed by atoms with van der Waals surface area (Å²) in [5, 5.41) is 6.71. The van der Waals surface area contributed by atoms with Crippen molar-refractivity contribution in [3.05, 3.63) is 84.8 Å². The Hall–Kier alpha value is -3.66. The summed E-state index contributed by atoms with van der Waals surface area (Å²) in [5.74, 6) is 0. The highest BCUT2D eigenvalue weighted by atomic mass is 15.2. The van der Waals surface area contributed by atoms with Crippen LogP contribution in [0.3, 0.4) is 0 Å². The Bertz CT molecular complexity index is 1280. The molecule has 4 nitrogen and oxygen atoms in total. The fraction of sp³-hybridized carbons (Fsp3) is 0.0435. The molecule has 2 heterocycles. The molecule has 0 aliphatic heterocycles. The number of hydrogen-bond donors (Lipinski definition) is 1. The fourth-order valence-electron chi connectivity index (χ4n) is 3.52. The van der Waals surface area contributed by atoms with E-state index in [1.807, 2.05) is 53.4 Å². The zero-order valence-electron chi connectivity index (χ0n) is 14.9. The summed E-state index contributed by atoms with van der Waals surface area (Å²) in [7, 11) is 0. The van der Waals surface area contributed by atoms with Crippen LogP contribution in [0.2, 0.25) is 0 Å². The number of hydrogen-bond acceptors (Lipinski definition) is 3. The van der Waals surface area contributed by atoms with Gasteiger partial charge in [0.15, 0.2) is 5.65 Å². The smallest absolute Gasteiger partial charge is 0.162 e. The molecule has 0 radical (unpaired) electrons. The van der Waals surface area contributed by atoms with Crippen LogP contribution in [0.4, 0.5) is 5.69 Å². The number of nitrogens with zero attached hydrogens (tertiary/aromatic N) is 3. The van der Waals surface area contributed by atoms with Crippen LogP contribution in [0, 0.1) is 6.92 Å². The molecule has 0 spiro atoms. The monoisotopic (exact) mass is 350 g/mol. The number of anilines is 1. The van der Waals surface area contributed by atoms with Crippen molar-refractivity contribution in [1.82, 2.24) is 14.6 Å². The maximum atomic E-state index is 6.15. The van der Waals surface area contributed by atoms with Gasteiger partial charge in [-0.2, -0.15) is 5.10 Å². The maximum Gasteiger partial charge on any atom is 0.162 e. The van der Waals surface area contributed by atoms with Crippen LogP contribution in [0.5, 0.6) is 0 Å². The molecule has 2 aromatic heterocycles. The fourth-order valence-corrected chi connectivity index (χ4v) is 3.52. The van der Waals surface area contributed by atoms with E-state index < -0.39 is 0 Å². The third-order valence-corrected chi connectivity index (χ3v) is 4.99. The van der Waals surface area contributed by atoms with E-state index in [0.717, 1.165) is 44.4 Å². The molecule has 5 rings (SSSR count). The lowest BCUT2D eigenvalue weighted by molar-refractivity contribution is 0.941. The van der Waals surface area contributed by atoms with Crippen molar-refractivity contribution in [3.8, 4) is 22.3 Å². The molecule has 130 valence electrons. The lowest BCUT2D eigenvalue weighted by Gasteiger charge is -2.08. The Morgan fingerprint density at radius 2 is 1.56 bits per heavy atom. The zero-order valence-corrected chi connectivity index (χ0v) is 14.9. The van der Waals surface area contributed by atoms with Gasteiger partial charge in [-0.1, -0.05) is 60.2 Å². The summed E-state index contributed by atoms with van der Waals surface area (Å²) in [6, 6.07) is 20.6. The molecule has 4 heteroatoms. The first-order valence-electron chi connectivity index (χ1n) is 8.89. The normalized spacial score (nSPS) is 11.3. The van der Waals surface area contributed by atoms with E-state index in [4.69, 9.17) is 10.7 Å². The molecule has 0 amide bonds. The average Bonchev–Trinajstić information content (AvgIpc) is 3.12. The molecule has 0 saturated heterocycles. The zero-order chi connectivity index (χ0) is 18.4. The van der Waals surface area contributed by atoms with Gasteiger partial charge in [0, 0.05) is 34.6 Å². The van der Waals surface area contributed by atoms with Crippen LogP contribution < -0.4 is 5.73 Å². The van der Waals surface area contributed by atoms with Gasteiger partial charge in [0.2, 0.25) is 0 Å². The topological polar surface area (TPSA) is 56.2 Å². The predicted molar refractivity (Wildman–Crippen MR) is 111 cm³/mol. The van der Waals surface area contributed by atoms with Gasteiger partial charge in [-0.25, -0.2) is 9.50 Å². The second-order valence-electron chi connectivity index (χ2n) is 6.78. The third kappa shape index (κ3) is 2.54. The highest BCUT2D eigenvalue weighted by molar-refractivity contribution is 6.04. The summed E-state index contributed by atoms with van der Waals surface area (Å²) in [5.41, 5.74) is 13.3. The Balaban J connectivity index is 1.68. The van der Waals surface area contributed by atoms with E-state index in [2.05, 4.69) is 42.4 Å². The van der Waals surface area contributed by atoms with Gasteiger partial charge >= 0.3 is 0 Å². The largest absolute Gasteiger partial charge is 0.398 e. The van der Waals surface area contributed by atoms with Crippen molar-refractivity contribution < 1.29 is 0 Å².